The molecule has 2 heterocycles. The fourth-order valence-corrected chi connectivity index (χ4v) is 1.21. The maximum atomic E-state index is 5.72. The van der Waals surface area contributed by atoms with Crippen LogP contribution in [0.3, 0.4) is 0 Å². The number of hydrogen-bond acceptors (Lipinski definition) is 3. The first-order chi connectivity index (χ1) is 6.77. The lowest BCUT2D eigenvalue weighted by atomic mass is 10.2. The van der Waals surface area contributed by atoms with Crippen molar-refractivity contribution in [3.8, 4) is 5.82 Å². The van der Waals surface area contributed by atoms with Crippen LogP contribution in [0.4, 0.5) is 0 Å². The highest BCUT2D eigenvalue weighted by molar-refractivity contribution is 5.26. The number of hydrogen-bond donors (Lipinski definition) is 1. The first-order valence-corrected chi connectivity index (χ1v) is 4.47. The van der Waals surface area contributed by atoms with Gasteiger partial charge in [0, 0.05) is 24.6 Å². The van der Waals surface area contributed by atoms with Gasteiger partial charge in [-0.2, -0.15) is 0 Å². The highest BCUT2D eigenvalue weighted by Gasteiger charge is 2.00. The van der Waals surface area contributed by atoms with E-state index in [0.717, 1.165) is 11.4 Å². The second kappa shape index (κ2) is 3.59. The van der Waals surface area contributed by atoms with Crippen molar-refractivity contribution in [2.45, 2.75) is 13.0 Å². The number of nitrogens with two attached hydrogens (primary N) is 1. The molecule has 0 radical (unpaired) electrons. The number of aromatic nitrogens is 3. The third kappa shape index (κ3) is 1.65. The van der Waals surface area contributed by atoms with Crippen molar-refractivity contribution in [3.63, 3.8) is 0 Å². The Labute approximate surface area is 82.4 Å². The lowest BCUT2D eigenvalue weighted by Crippen LogP contribution is -2.06. The van der Waals surface area contributed by atoms with Crippen LogP contribution in [0.25, 0.3) is 5.82 Å². The van der Waals surface area contributed by atoms with Crippen molar-refractivity contribution in [3.05, 3.63) is 42.6 Å². The molecule has 72 valence electrons. The third-order valence-electron chi connectivity index (χ3n) is 2.07. The standard InChI is InChI=1S/C10H12N4/c1-8(11)9-2-3-10(13-6-9)14-5-4-12-7-14/h2-8H,11H2,1H3/t8-/m0/s1. The van der Waals surface area contributed by atoms with E-state index in [1.165, 1.54) is 0 Å². The monoisotopic (exact) mass is 188 g/mol. The maximum absolute atomic E-state index is 5.72. The van der Waals surface area contributed by atoms with Crippen LogP contribution in [-0.2, 0) is 0 Å². The summed E-state index contributed by atoms with van der Waals surface area (Å²) in [6.07, 6.45) is 7.09. The summed E-state index contributed by atoms with van der Waals surface area (Å²) in [6, 6.07) is 3.94. The van der Waals surface area contributed by atoms with Gasteiger partial charge in [-0.1, -0.05) is 6.07 Å². The molecule has 0 saturated heterocycles. The molecule has 0 aliphatic carbocycles. The molecule has 0 spiro atoms. The quantitative estimate of drug-likeness (QED) is 0.772. The van der Waals surface area contributed by atoms with Crippen LogP contribution in [0.15, 0.2) is 37.1 Å². The van der Waals surface area contributed by atoms with Crippen molar-refractivity contribution >= 4 is 0 Å². The van der Waals surface area contributed by atoms with Crippen LogP contribution in [0.1, 0.15) is 18.5 Å². The van der Waals surface area contributed by atoms with E-state index in [-0.39, 0.29) is 6.04 Å². The minimum atomic E-state index is 0.0272. The number of nitrogens with zero attached hydrogens (tertiary/aromatic N) is 3. The zero-order chi connectivity index (χ0) is 9.97. The second-order valence-corrected chi connectivity index (χ2v) is 3.21. The van der Waals surface area contributed by atoms with Gasteiger partial charge in [0.15, 0.2) is 0 Å². The number of imidazole rings is 1. The van der Waals surface area contributed by atoms with Crippen LogP contribution in [0.5, 0.6) is 0 Å². The summed E-state index contributed by atoms with van der Waals surface area (Å²) in [5.41, 5.74) is 6.76. The summed E-state index contributed by atoms with van der Waals surface area (Å²) in [4.78, 5) is 8.24. The third-order valence-corrected chi connectivity index (χ3v) is 2.07. The highest BCUT2D eigenvalue weighted by atomic mass is 15.1. The van der Waals surface area contributed by atoms with E-state index >= 15 is 0 Å². The van der Waals surface area contributed by atoms with Crippen molar-refractivity contribution in [2.75, 3.05) is 0 Å². The van der Waals surface area contributed by atoms with Gasteiger partial charge >= 0.3 is 0 Å². The van der Waals surface area contributed by atoms with E-state index < -0.39 is 0 Å². The molecule has 4 nitrogen and oxygen atoms in total. The van der Waals surface area contributed by atoms with Crippen molar-refractivity contribution in [2.24, 2.45) is 5.73 Å². The van der Waals surface area contributed by atoms with E-state index in [1.54, 1.807) is 18.7 Å². The Morgan fingerprint density at radius 3 is 2.79 bits per heavy atom. The first kappa shape index (κ1) is 8.90. The van der Waals surface area contributed by atoms with Crippen LogP contribution in [0.2, 0.25) is 0 Å². The molecule has 2 N–H and O–H groups in total. The van der Waals surface area contributed by atoms with Gasteiger partial charge in [-0.25, -0.2) is 9.97 Å². The van der Waals surface area contributed by atoms with Gasteiger partial charge in [-0.3, -0.25) is 4.57 Å². The average molecular weight is 188 g/mol. The predicted molar refractivity (Wildman–Crippen MR) is 54.0 cm³/mol. The van der Waals surface area contributed by atoms with E-state index in [1.807, 2.05) is 29.8 Å². The molecule has 2 aromatic heterocycles. The minimum absolute atomic E-state index is 0.0272. The molecule has 1 atom stereocenters. The smallest absolute Gasteiger partial charge is 0.137 e. The van der Waals surface area contributed by atoms with Gasteiger partial charge in [0.25, 0.3) is 0 Å². The Hall–Kier alpha value is -1.68. The van der Waals surface area contributed by atoms with Gasteiger partial charge in [0.05, 0.1) is 0 Å². The molecule has 0 bridgehead atoms. The Morgan fingerprint density at radius 2 is 2.29 bits per heavy atom. The number of rotatable bonds is 2. The summed E-state index contributed by atoms with van der Waals surface area (Å²) in [5.74, 6) is 0.854. The molecule has 2 rings (SSSR count). The first-order valence-electron chi connectivity index (χ1n) is 4.47. The number of pyridine rings is 1. The molecule has 0 unspecified atom stereocenters. The lowest BCUT2D eigenvalue weighted by Gasteiger charge is -2.06. The second-order valence-electron chi connectivity index (χ2n) is 3.21. The van der Waals surface area contributed by atoms with Crippen LogP contribution < -0.4 is 5.73 Å². The SMILES string of the molecule is C[C@H](N)c1ccc(-n2ccnc2)nc1. The summed E-state index contributed by atoms with van der Waals surface area (Å²) in [6.45, 7) is 1.94. The minimum Gasteiger partial charge on any atom is -0.324 e. The molecule has 0 aromatic carbocycles. The zero-order valence-electron chi connectivity index (χ0n) is 7.96. The van der Waals surface area contributed by atoms with Gasteiger partial charge in [-0.15, -0.1) is 0 Å². The maximum Gasteiger partial charge on any atom is 0.137 e. The Kier molecular flexibility index (Phi) is 2.28. The van der Waals surface area contributed by atoms with Crippen molar-refractivity contribution in [1.29, 1.82) is 0 Å². The van der Waals surface area contributed by atoms with E-state index in [4.69, 9.17) is 5.73 Å². The predicted octanol–water partition coefficient (Wildman–Crippen LogP) is 1.29. The van der Waals surface area contributed by atoms with Gasteiger partial charge in [-0.05, 0) is 18.6 Å². The average Bonchev–Trinajstić information content (AvgIpc) is 2.71. The summed E-state index contributed by atoms with van der Waals surface area (Å²) >= 11 is 0. The summed E-state index contributed by atoms with van der Waals surface area (Å²) < 4.78 is 1.85. The fraction of sp³-hybridized carbons (Fsp3) is 0.200. The largest absolute Gasteiger partial charge is 0.324 e. The molecule has 14 heavy (non-hydrogen) atoms. The Morgan fingerprint density at radius 1 is 1.43 bits per heavy atom. The molecule has 2 aromatic rings. The topological polar surface area (TPSA) is 56.7 Å². The van der Waals surface area contributed by atoms with Crippen LogP contribution >= 0.6 is 0 Å². The van der Waals surface area contributed by atoms with Crippen molar-refractivity contribution < 1.29 is 0 Å². The fourth-order valence-electron chi connectivity index (χ4n) is 1.21. The molecule has 0 aliphatic heterocycles. The molecule has 0 amide bonds. The van der Waals surface area contributed by atoms with E-state index in [2.05, 4.69) is 9.97 Å². The summed E-state index contributed by atoms with van der Waals surface area (Å²) in [7, 11) is 0. The molecular weight excluding hydrogens is 176 g/mol. The van der Waals surface area contributed by atoms with Gasteiger partial charge in [0.1, 0.15) is 12.1 Å². The normalized spacial score (nSPS) is 12.7. The summed E-state index contributed by atoms with van der Waals surface area (Å²) in [5, 5.41) is 0. The van der Waals surface area contributed by atoms with Crippen LogP contribution in [-0.4, -0.2) is 14.5 Å². The molecule has 0 fully saturated rings. The molecular formula is C10H12N4. The van der Waals surface area contributed by atoms with Crippen LogP contribution in [0, 0.1) is 0 Å². The zero-order valence-corrected chi connectivity index (χ0v) is 7.96. The van der Waals surface area contributed by atoms with E-state index in [9.17, 15) is 0 Å². The molecule has 4 heteroatoms. The van der Waals surface area contributed by atoms with Gasteiger partial charge in [0.2, 0.25) is 0 Å². The molecule has 0 saturated carbocycles. The van der Waals surface area contributed by atoms with Gasteiger partial charge < -0.3 is 5.73 Å². The highest BCUT2D eigenvalue weighted by Crippen LogP contribution is 2.10. The van der Waals surface area contributed by atoms with E-state index in [0.29, 0.717) is 0 Å². The lowest BCUT2D eigenvalue weighted by molar-refractivity contribution is 0.808. The van der Waals surface area contributed by atoms with Crippen molar-refractivity contribution in [1.82, 2.24) is 14.5 Å². The Balaban J connectivity index is 2.31. The molecule has 0 aliphatic rings. The Bertz CT molecular complexity index is 389.